The van der Waals surface area contributed by atoms with Crippen LogP contribution in [-0.2, 0) is 11.0 Å². The second kappa shape index (κ2) is 6.88. The van der Waals surface area contributed by atoms with Gasteiger partial charge in [-0.3, -0.25) is 4.79 Å². The van der Waals surface area contributed by atoms with Gasteiger partial charge in [-0.2, -0.15) is 13.2 Å². The van der Waals surface area contributed by atoms with Crippen molar-refractivity contribution in [3.05, 3.63) is 53.1 Å². The average Bonchev–Trinajstić information content (AvgIpc) is 2.66. The van der Waals surface area contributed by atoms with Crippen molar-refractivity contribution < 1.29 is 23.1 Å². The van der Waals surface area contributed by atoms with E-state index in [0.29, 0.717) is 36.6 Å². The number of nitrogens with zero attached hydrogens (tertiary/aromatic N) is 2. The smallest absolute Gasteiger partial charge is 0.416 e. The molecule has 2 aliphatic heterocycles. The minimum absolute atomic E-state index is 0.0363. The number of rotatable bonds is 2. The first-order chi connectivity index (χ1) is 13.2. The van der Waals surface area contributed by atoms with Gasteiger partial charge in [0.2, 0.25) is 0 Å². The number of halogens is 4. The lowest BCUT2D eigenvalue weighted by Crippen LogP contribution is -2.52. The van der Waals surface area contributed by atoms with Crippen molar-refractivity contribution in [2.75, 3.05) is 22.9 Å². The number of anilines is 3. The molecule has 2 aliphatic rings. The van der Waals surface area contributed by atoms with Crippen LogP contribution in [0.1, 0.15) is 18.4 Å². The molecule has 8 heteroatoms. The molecule has 1 saturated heterocycles. The van der Waals surface area contributed by atoms with Crippen LogP contribution in [0.3, 0.4) is 0 Å². The number of alkyl halides is 3. The Morgan fingerprint density at radius 1 is 1.11 bits per heavy atom. The number of carbonyl (C=O) groups is 1. The molecule has 1 fully saturated rings. The van der Waals surface area contributed by atoms with E-state index in [1.165, 1.54) is 12.1 Å². The van der Waals surface area contributed by atoms with E-state index in [-0.39, 0.29) is 6.04 Å². The summed E-state index contributed by atoms with van der Waals surface area (Å²) in [6, 6.07) is 10.4. The van der Waals surface area contributed by atoms with E-state index in [0.717, 1.165) is 23.5 Å². The van der Waals surface area contributed by atoms with Crippen molar-refractivity contribution in [2.24, 2.45) is 5.92 Å². The number of piperidine rings is 1. The van der Waals surface area contributed by atoms with Gasteiger partial charge in [-0.25, -0.2) is 0 Å². The van der Waals surface area contributed by atoms with E-state index in [2.05, 4.69) is 4.90 Å². The van der Waals surface area contributed by atoms with Crippen molar-refractivity contribution >= 4 is 34.6 Å². The third-order valence-electron chi connectivity index (χ3n) is 5.50. The van der Waals surface area contributed by atoms with Crippen LogP contribution in [-0.4, -0.2) is 30.2 Å². The van der Waals surface area contributed by atoms with Gasteiger partial charge < -0.3 is 14.9 Å². The Hall–Kier alpha value is -2.41. The Balaban J connectivity index is 1.72. The van der Waals surface area contributed by atoms with Gasteiger partial charge in [0.05, 0.1) is 22.9 Å². The highest BCUT2D eigenvalue weighted by Gasteiger charge is 2.38. The maximum absolute atomic E-state index is 12.9. The van der Waals surface area contributed by atoms with Gasteiger partial charge in [-0.1, -0.05) is 11.6 Å². The van der Waals surface area contributed by atoms with Gasteiger partial charge in [0.15, 0.2) is 0 Å². The van der Waals surface area contributed by atoms with E-state index < -0.39 is 23.6 Å². The van der Waals surface area contributed by atoms with E-state index in [9.17, 15) is 23.1 Å². The summed E-state index contributed by atoms with van der Waals surface area (Å²) in [6.07, 6.45) is -3.33. The minimum Gasteiger partial charge on any atom is -0.481 e. The van der Waals surface area contributed by atoms with Crippen molar-refractivity contribution in [3.8, 4) is 0 Å². The third kappa shape index (κ3) is 3.39. The topological polar surface area (TPSA) is 43.8 Å². The Morgan fingerprint density at radius 3 is 2.46 bits per heavy atom. The molecular weight excluding hydrogens is 393 g/mol. The van der Waals surface area contributed by atoms with E-state index >= 15 is 0 Å². The molecule has 2 aromatic carbocycles. The molecule has 1 N–H and O–H groups in total. The van der Waals surface area contributed by atoms with Gasteiger partial charge in [-0.05, 0) is 55.3 Å². The molecule has 148 valence electrons. The van der Waals surface area contributed by atoms with Gasteiger partial charge in [0.25, 0.3) is 0 Å². The van der Waals surface area contributed by atoms with Crippen LogP contribution in [0.5, 0.6) is 0 Å². The van der Waals surface area contributed by atoms with Gasteiger partial charge in [0.1, 0.15) is 0 Å². The Kier molecular flexibility index (Phi) is 4.65. The van der Waals surface area contributed by atoms with E-state index in [1.54, 1.807) is 12.1 Å². The van der Waals surface area contributed by atoms with Gasteiger partial charge in [0, 0.05) is 29.8 Å². The van der Waals surface area contributed by atoms with Gasteiger partial charge in [-0.15, -0.1) is 0 Å². The first kappa shape index (κ1) is 18.9. The molecule has 2 unspecified atom stereocenters. The summed E-state index contributed by atoms with van der Waals surface area (Å²) in [6.45, 7) is 1.11. The molecule has 0 spiro atoms. The highest BCUT2D eigenvalue weighted by atomic mass is 35.5. The molecule has 2 heterocycles. The van der Waals surface area contributed by atoms with Crippen molar-refractivity contribution in [2.45, 2.75) is 25.1 Å². The SMILES string of the molecule is O=C(O)C1CCN2c3ccc(Cl)cc3N(c3ccc(C(F)(F)F)cc3)CC2C1. The predicted octanol–water partition coefficient (Wildman–Crippen LogP) is 5.18. The summed E-state index contributed by atoms with van der Waals surface area (Å²) in [4.78, 5) is 15.6. The highest BCUT2D eigenvalue weighted by molar-refractivity contribution is 6.31. The van der Waals surface area contributed by atoms with Crippen LogP contribution in [0.2, 0.25) is 5.02 Å². The molecule has 2 aromatic rings. The first-order valence-electron chi connectivity index (χ1n) is 8.98. The zero-order valence-corrected chi connectivity index (χ0v) is 15.5. The zero-order chi connectivity index (χ0) is 20.1. The predicted molar refractivity (Wildman–Crippen MR) is 101 cm³/mol. The fourth-order valence-electron chi connectivity index (χ4n) is 4.11. The molecule has 0 saturated carbocycles. The van der Waals surface area contributed by atoms with Crippen LogP contribution in [0.4, 0.5) is 30.2 Å². The second-order valence-electron chi connectivity index (χ2n) is 7.20. The maximum Gasteiger partial charge on any atom is 0.416 e. The molecule has 28 heavy (non-hydrogen) atoms. The second-order valence-corrected chi connectivity index (χ2v) is 7.63. The molecule has 0 bridgehead atoms. The minimum atomic E-state index is -4.39. The quantitative estimate of drug-likeness (QED) is 0.740. The largest absolute Gasteiger partial charge is 0.481 e. The van der Waals surface area contributed by atoms with Crippen LogP contribution in [0.15, 0.2) is 42.5 Å². The summed E-state index contributed by atoms with van der Waals surface area (Å²) >= 11 is 6.18. The molecule has 0 amide bonds. The molecular formula is C20H18ClF3N2O2. The first-order valence-corrected chi connectivity index (χ1v) is 9.35. The summed E-state index contributed by atoms with van der Waals surface area (Å²) in [5.41, 5.74) is 1.65. The number of benzene rings is 2. The Morgan fingerprint density at radius 2 is 1.82 bits per heavy atom. The van der Waals surface area contributed by atoms with Crippen LogP contribution < -0.4 is 9.80 Å². The average molecular weight is 411 g/mol. The van der Waals surface area contributed by atoms with Gasteiger partial charge >= 0.3 is 12.1 Å². The standard InChI is InChI=1S/C20H18ClF3N2O2/c21-14-3-6-17-18(10-14)26(15-4-1-13(2-5-15)20(22,23)24)11-16-9-12(19(27)28)7-8-25(16)17/h1-6,10,12,16H,7-9,11H2,(H,27,28). The monoisotopic (exact) mass is 410 g/mol. The lowest BCUT2D eigenvalue weighted by molar-refractivity contribution is -0.142. The fraction of sp³-hybridized carbons (Fsp3) is 0.350. The Bertz CT molecular complexity index is 901. The number of aliphatic carboxylic acids is 1. The maximum atomic E-state index is 12.9. The van der Waals surface area contributed by atoms with Crippen molar-refractivity contribution in [3.63, 3.8) is 0 Å². The summed E-state index contributed by atoms with van der Waals surface area (Å²) in [5, 5.41) is 9.93. The zero-order valence-electron chi connectivity index (χ0n) is 14.8. The van der Waals surface area contributed by atoms with E-state index in [1.807, 2.05) is 11.0 Å². The number of hydrogen-bond donors (Lipinski definition) is 1. The lowest BCUT2D eigenvalue weighted by Gasteiger charge is -2.48. The van der Waals surface area contributed by atoms with Crippen molar-refractivity contribution in [1.82, 2.24) is 0 Å². The van der Waals surface area contributed by atoms with Crippen LogP contribution in [0, 0.1) is 5.92 Å². The molecule has 0 aliphatic carbocycles. The molecule has 2 atom stereocenters. The lowest BCUT2D eigenvalue weighted by atomic mass is 9.88. The normalized spacial score (nSPS) is 21.9. The molecule has 0 aromatic heterocycles. The third-order valence-corrected chi connectivity index (χ3v) is 5.74. The molecule has 4 rings (SSSR count). The fourth-order valence-corrected chi connectivity index (χ4v) is 4.27. The van der Waals surface area contributed by atoms with E-state index in [4.69, 9.17) is 11.6 Å². The summed E-state index contributed by atoms with van der Waals surface area (Å²) in [5.74, 6) is -1.22. The highest BCUT2D eigenvalue weighted by Crippen LogP contribution is 2.44. The van der Waals surface area contributed by atoms with Crippen LogP contribution >= 0.6 is 11.6 Å². The summed E-state index contributed by atoms with van der Waals surface area (Å²) in [7, 11) is 0. The van der Waals surface area contributed by atoms with Crippen molar-refractivity contribution in [1.29, 1.82) is 0 Å². The van der Waals surface area contributed by atoms with Crippen LogP contribution in [0.25, 0.3) is 0 Å². The number of fused-ring (bicyclic) bond motifs is 3. The molecule has 4 nitrogen and oxygen atoms in total. The summed E-state index contributed by atoms with van der Waals surface area (Å²) < 4.78 is 38.7. The molecule has 0 radical (unpaired) electrons. The Labute approximate surface area is 165 Å². The number of carboxylic acid groups (broad SMARTS) is 1. The number of carboxylic acids is 1. The number of hydrogen-bond acceptors (Lipinski definition) is 3.